The third-order valence-corrected chi connectivity index (χ3v) is 4.08. The average molecular weight is 269 g/mol. The molecule has 0 aliphatic carbocycles. The number of amides is 1. The van der Waals surface area contributed by atoms with E-state index in [1.165, 1.54) is 0 Å². The standard InChI is InChI=1S/C15H31N3O/c1-15(2,3)10-12(11-16)14(19)18(5)13-6-8-17(4)9-7-13/h12-13H,6-11,16H2,1-5H3. The quantitative estimate of drug-likeness (QED) is 0.842. The monoisotopic (exact) mass is 269 g/mol. The summed E-state index contributed by atoms with van der Waals surface area (Å²) >= 11 is 0. The molecule has 1 heterocycles. The van der Waals surface area contributed by atoms with Gasteiger partial charge in [-0.3, -0.25) is 4.79 Å². The number of piperidine rings is 1. The van der Waals surface area contributed by atoms with Crippen molar-refractivity contribution < 1.29 is 4.79 Å². The SMILES string of the molecule is CN1CCC(N(C)C(=O)C(CN)CC(C)(C)C)CC1. The number of likely N-dealkylation sites (tertiary alicyclic amines) is 1. The summed E-state index contributed by atoms with van der Waals surface area (Å²) in [5.74, 6) is 0.191. The number of rotatable bonds is 4. The molecule has 0 saturated carbocycles. The van der Waals surface area contributed by atoms with Gasteiger partial charge in [0.15, 0.2) is 0 Å². The van der Waals surface area contributed by atoms with Crippen molar-refractivity contribution in [2.45, 2.75) is 46.1 Å². The maximum atomic E-state index is 12.6. The van der Waals surface area contributed by atoms with Crippen molar-refractivity contribution >= 4 is 5.91 Å². The summed E-state index contributed by atoms with van der Waals surface area (Å²) in [4.78, 5) is 16.8. The minimum atomic E-state index is -0.0374. The van der Waals surface area contributed by atoms with Gasteiger partial charge in [-0.1, -0.05) is 20.8 Å². The molecule has 0 radical (unpaired) electrons. The molecular formula is C15H31N3O. The molecule has 0 bridgehead atoms. The van der Waals surface area contributed by atoms with E-state index in [9.17, 15) is 4.79 Å². The summed E-state index contributed by atoms with van der Waals surface area (Å²) in [5.41, 5.74) is 5.96. The fourth-order valence-corrected chi connectivity index (χ4v) is 2.86. The smallest absolute Gasteiger partial charge is 0.226 e. The topological polar surface area (TPSA) is 49.6 Å². The van der Waals surface area contributed by atoms with E-state index in [0.717, 1.165) is 32.4 Å². The van der Waals surface area contributed by atoms with Gasteiger partial charge in [-0.05, 0) is 44.8 Å². The van der Waals surface area contributed by atoms with E-state index in [1.54, 1.807) is 0 Å². The van der Waals surface area contributed by atoms with Gasteiger partial charge in [0.1, 0.15) is 0 Å². The van der Waals surface area contributed by atoms with Crippen molar-refractivity contribution in [3.8, 4) is 0 Å². The fourth-order valence-electron chi connectivity index (χ4n) is 2.86. The maximum Gasteiger partial charge on any atom is 0.226 e. The van der Waals surface area contributed by atoms with Gasteiger partial charge in [0, 0.05) is 19.6 Å². The molecule has 0 aromatic rings. The lowest BCUT2D eigenvalue weighted by molar-refractivity contribution is -0.137. The molecule has 1 rings (SSSR count). The molecule has 0 aromatic heterocycles. The van der Waals surface area contributed by atoms with Crippen molar-refractivity contribution in [1.29, 1.82) is 0 Å². The molecule has 1 aliphatic rings. The Kier molecular flexibility index (Phi) is 5.81. The predicted molar refractivity (Wildman–Crippen MR) is 79.9 cm³/mol. The van der Waals surface area contributed by atoms with Crippen LogP contribution in [0.1, 0.15) is 40.0 Å². The molecule has 1 atom stereocenters. The van der Waals surface area contributed by atoms with Crippen LogP contribution in [0, 0.1) is 11.3 Å². The molecule has 4 heteroatoms. The third-order valence-electron chi connectivity index (χ3n) is 4.08. The second-order valence-corrected chi connectivity index (χ2v) is 7.18. The highest BCUT2D eigenvalue weighted by atomic mass is 16.2. The molecule has 2 N–H and O–H groups in total. The average Bonchev–Trinajstić information content (AvgIpc) is 2.34. The Morgan fingerprint density at radius 2 is 1.89 bits per heavy atom. The van der Waals surface area contributed by atoms with Crippen LogP contribution in [0.3, 0.4) is 0 Å². The summed E-state index contributed by atoms with van der Waals surface area (Å²) in [6, 6.07) is 0.387. The zero-order valence-corrected chi connectivity index (χ0v) is 13.3. The van der Waals surface area contributed by atoms with Crippen LogP contribution < -0.4 is 5.73 Å². The highest BCUT2D eigenvalue weighted by molar-refractivity contribution is 5.79. The molecule has 1 amide bonds. The summed E-state index contributed by atoms with van der Waals surface area (Å²) < 4.78 is 0. The zero-order valence-electron chi connectivity index (χ0n) is 13.3. The number of nitrogens with two attached hydrogens (primary N) is 1. The fraction of sp³-hybridized carbons (Fsp3) is 0.933. The largest absolute Gasteiger partial charge is 0.342 e. The molecule has 1 fully saturated rings. The van der Waals surface area contributed by atoms with E-state index in [-0.39, 0.29) is 17.2 Å². The van der Waals surface area contributed by atoms with E-state index >= 15 is 0 Å². The Morgan fingerprint density at radius 3 is 2.32 bits per heavy atom. The summed E-state index contributed by atoms with van der Waals surface area (Å²) in [5, 5.41) is 0. The van der Waals surface area contributed by atoms with Crippen molar-refractivity contribution in [3.05, 3.63) is 0 Å². The summed E-state index contributed by atoms with van der Waals surface area (Å²) in [6.45, 7) is 9.10. The number of carbonyl (C=O) groups excluding carboxylic acids is 1. The maximum absolute atomic E-state index is 12.6. The van der Waals surface area contributed by atoms with Crippen LogP contribution >= 0.6 is 0 Å². The van der Waals surface area contributed by atoms with Crippen LogP contribution in [-0.4, -0.2) is 55.5 Å². The Balaban J connectivity index is 2.59. The second-order valence-electron chi connectivity index (χ2n) is 7.18. The van der Waals surface area contributed by atoms with Gasteiger partial charge in [-0.25, -0.2) is 0 Å². The summed E-state index contributed by atoms with van der Waals surface area (Å²) in [6.07, 6.45) is 3.01. The number of carbonyl (C=O) groups is 1. The molecule has 1 unspecified atom stereocenters. The normalized spacial score (nSPS) is 20.3. The van der Waals surface area contributed by atoms with Gasteiger partial charge in [0.05, 0.1) is 5.92 Å². The second kappa shape index (κ2) is 6.71. The lowest BCUT2D eigenvalue weighted by Crippen LogP contribution is -2.48. The Morgan fingerprint density at radius 1 is 1.37 bits per heavy atom. The minimum Gasteiger partial charge on any atom is -0.342 e. The van der Waals surface area contributed by atoms with E-state index in [4.69, 9.17) is 5.73 Å². The van der Waals surface area contributed by atoms with E-state index in [0.29, 0.717) is 12.6 Å². The molecule has 1 saturated heterocycles. The Labute approximate surface area is 118 Å². The van der Waals surface area contributed by atoms with Gasteiger partial charge >= 0.3 is 0 Å². The first kappa shape index (κ1) is 16.4. The molecular weight excluding hydrogens is 238 g/mol. The molecule has 1 aliphatic heterocycles. The van der Waals surface area contributed by atoms with Crippen LogP contribution in [0.15, 0.2) is 0 Å². The van der Waals surface area contributed by atoms with Crippen LogP contribution in [0.4, 0.5) is 0 Å². The van der Waals surface area contributed by atoms with Gasteiger partial charge in [0.2, 0.25) is 5.91 Å². The molecule has 0 aromatic carbocycles. The number of nitrogens with zero attached hydrogens (tertiary/aromatic N) is 2. The summed E-state index contributed by atoms with van der Waals surface area (Å²) in [7, 11) is 4.09. The van der Waals surface area contributed by atoms with E-state index in [2.05, 4.69) is 32.7 Å². The first-order valence-corrected chi connectivity index (χ1v) is 7.40. The Bertz CT molecular complexity index is 290. The molecule has 19 heavy (non-hydrogen) atoms. The third kappa shape index (κ3) is 5.11. The van der Waals surface area contributed by atoms with Gasteiger partial charge in [-0.15, -0.1) is 0 Å². The first-order chi connectivity index (χ1) is 8.74. The van der Waals surface area contributed by atoms with Gasteiger partial charge < -0.3 is 15.5 Å². The molecule has 4 nitrogen and oxygen atoms in total. The first-order valence-electron chi connectivity index (χ1n) is 7.40. The highest BCUT2D eigenvalue weighted by Crippen LogP contribution is 2.26. The van der Waals surface area contributed by atoms with Crippen molar-refractivity contribution in [3.63, 3.8) is 0 Å². The lowest BCUT2D eigenvalue weighted by atomic mass is 9.83. The Hall–Kier alpha value is -0.610. The molecule has 112 valence electrons. The van der Waals surface area contributed by atoms with Crippen LogP contribution in [-0.2, 0) is 4.79 Å². The van der Waals surface area contributed by atoms with Crippen molar-refractivity contribution in [2.24, 2.45) is 17.1 Å². The van der Waals surface area contributed by atoms with Gasteiger partial charge in [-0.2, -0.15) is 0 Å². The molecule has 0 spiro atoms. The van der Waals surface area contributed by atoms with Crippen molar-refractivity contribution in [2.75, 3.05) is 33.7 Å². The minimum absolute atomic E-state index is 0.0374. The van der Waals surface area contributed by atoms with Crippen LogP contribution in [0.5, 0.6) is 0 Å². The van der Waals surface area contributed by atoms with Gasteiger partial charge in [0.25, 0.3) is 0 Å². The van der Waals surface area contributed by atoms with E-state index in [1.807, 2.05) is 11.9 Å². The number of hydrogen-bond donors (Lipinski definition) is 1. The van der Waals surface area contributed by atoms with Crippen LogP contribution in [0.2, 0.25) is 0 Å². The predicted octanol–water partition coefficient (Wildman–Crippen LogP) is 1.55. The lowest BCUT2D eigenvalue weighted by Gasteiger charge is -2.37. The number of hydrogen-bond acceptors (Lipinski definition) is 3. The highest BCUT2D eigenvalue weighted by Gasteiger charge is 2.30. The van der Waals surface area contributed by atoms with Crippen LogP contribution in [0.25, 0.3) is 0 Å². The van der Waals surface area contributed by atoms with Crippen molar-refractivity contribution in [1.82, 2.24) is 9.80 Å². The zero-order chi connectivity index (χ0) is 14.6. The van der Waals surface area contributed by atoms with E-state index < -0.39 is 0 Å².